The quantitative estimate of drug-likeness (QED) is 0.606. The highest BCUT2D eigenvalue weighted by molar-refractivity contribution is 5.95. The molecule has 1 atom stereocenters. The van der Waals surface area contributed by atoms with Gasteiger partial charge in [-0.25, -0.2) is 0 Å². The number of amides is 2. The monoisotopic (exact) mass is 425 g/mol. The molecule has 2 aromatic rings. The van der Waals surface area contributed by atoms with Gasteiger partial charge < -0.3 is 25.0 Å². The maximum atomic E-state index is 12.3. The Morgan fingerprint density at radius 3 is 2.32 bits per heavy atom. The lowest BCUT2D eigenvalue weighted by atomic mass is 10.1. The molecule has 0 aromatic heterocycles. The Morgan fingerprint density at radius 2 is 1.71 bits per heavy atom. The summed E-state index contributed by atoms with van der Waals surface area (Å²) < 4.78 is 11.3. The highest BCUT2D eigenvalue weighted by Crippen LogP contribution is 2.18. The minimum absolute atomic E-state index is 0.0116. The van der Waals surface area contributed by atoms with Crippen molar-refractivity contribution in [3.63, 3.8) is 0 Å². The van der Waals surface area contributed by atoms with Crippen LogP contribution in [0.15, 0.2) is 48.5 Å². The summed E-state index contributed by atoms with van der Waals surface area (Å²) in [5, 5.41) is 5.93. The third-order valence-corrected chi connectivity index (χ3v) is 5.23. The summed E-state index contributed by atoms with van der Waals surface area (Å²) in [7, 11) is 0. The van der Waals surface area contributed by atoms with E-state index in [1.807, 2.05) is 50.2 Å². The molecular weight excluding hydrogens is 394 g/mol. The van der Waals surface area contributed by atoms with Gasteiger partial charge in [-0.05, 0) is 75.2 Å². The fraction of sp³-hybridized carbons (Fsp3) is 0.417. The summed E-state index contributed by atoms with van der Waals surface area (Å²) in [4.78, 5) is 26.3. The number of carbonyl (C=O) groups is 2. The summed E-state index contributed by atoms with van der Waals surface area (Å²) in [6, 6.07) is 14.5. The molecule has 1 saturated heterocycles. The van der Waals surface area contributed by atoms with Crippen molar-refractivity contribution in [3.8, 4) is 5.75 Å². The van der Waals surface area contributed by atoms with E-state index in [0.717, 1.165) is 30.9 Å². The molecule has 1 aliphatic heterocycles. The van der Waals surface area contributed by atoms with Gasteiger partial charge in [-0.2, -0.15) is 0 Å². The largest absolute Gasteiger partial charge is 0.491 e. The topological polar surface area (TPSA) is 79.9 Å². The Balaban J connectivity index is 1.42. The van der Waals surface area contributed by atoms with Gasteiger partial charge >= 0.3 is 0 Å². The summed E-state index contributed by atoms with van der Waals surface area (Å²) in [5.41, 5.74) is 2.13. The van der Waals surface area contributed by atoms with Crippen molar-refractivity contribution in [1.29, 1.82) is 0 Å². The molecule has 0 radical (unpaired) electrons. The van der Waals surface area contributed by atoms with Gasteiger partial charge in [0.05, 0.1) is 12.6 Å². The molecule has 2 N–H and O–H groups in total. The second-order valence-electron chi connectivity index (χ2n) is 7.43. The third-order valence-electron chi connectivity index (χ3n) is 5.23. The normalized spacial score (nSPS) is 15.4. The molecule has 0 aliphatic carbocycles. The van der Waals surface area contributed by atoms with E-state index in [-0.39, 0.29) is 24.5 Å². The van der Waals surface area contributed by atoms with E-state index in [0.29, 0.717) is 30.9 Å². The van der Waals surface area contributed by atoms with Crippen LogP contribution >= 0.6 is 0 Å². The van der Waals surface area contributed by atoms with Gasteiger partial charge in [0.15, 0.2) is 0 Å². The Hall–Kier alpha value is -3.06. The third kappa shape index (κ3) is 6.72. The molecule has 0 spiro atoms. The van der Waals surface area contributed by atoms with Crippen LogP contribution in [-0.4, -0.2) is 55.7 Å². The van der Waals surface area contributed by atoms with E-state index in [2.05, 4.69) is 10.6 Å². The molecule has 7 nitrogen and oxygen atoms in total. The Labute approximate surface area is 183 Å². The molecule has 3 rings (SSSR count). The zero-order valence-electron chi connectivity index (χ0n) is 18.2. The average Bonchev–Trinajstić information content (AvgIpc) is 3.32. The molecule has 2 aromatic carbocycles. The first-order chi connectivity index (χ1) is 15.1. The van der Waals surface area contributed by atoms with Crippen LogP contribution in [0.25, 0.3) is 0 Å². The number of anilines is 2. The van der Waals surface area contributed by atoms with E-state index in [4.69, 9.17) is 9.47 Å². The molecule has 166 valence electrons. The molecule has 1 unspecified atom stereocenters. The van der Waals surface area contributed by atoms with Crippen LogP contribution in [0.2, 0.25) is 0 Å². The van der Waals surface area contributed by atoms with Crippen LogP contribution in [-0.2, 0) is 9.53 Å². The number of carbonyl (C=O) groups excluding carboxylic acids is 2. The van der Waals surface area contributed by atoms with Gasteiger partial charge in [-0.1, -0.05) is 0 Å². The average molecular weight is 426 g/mol. The first-order valence-corrected chi connectivity index (χ1v) is 10.9. The number of ether oxygens (including phenoxy) is 2. The summed E-state index contributed by atoms with van der Waals surface area (Å²) in [6.45, 7) is 6.76. The van der Waals surface area contributed by atoms with Crippen LogP contribution in [0.5, 0.6) is 5.75 Å². The van der Waals surface area contributed by atoms with Gasteiger partial charge in [-0.15, -0.1) is 0 Å². The van der Waals surface area contributed by atoms with Crippen LogP contribution < -0.4 is 15.4 Å². The minimum Gasteiger partial charge on any atom is -0.491 e. The van der Waals surface area contributed by atoms with E-state index in [1.54, 1.807) is 17.0 Å². The minimum atomic E-state index is -0.156. The van der Waals surface area contributed by atoms with E-state index < -0.39 is 0 Å². The molecular formula is C24H31N3O4. The van der Waals surface area contributed by atoms with Crippen molar-refractivity contribution in [3.05, 3.63) is 54.1 Å². The fourth-order valence-electron chi connectivity index (χ4n) is 3.41. The predicted molar refractivity (Wildman–Crippen MR) is 122 cm³/mol. The first kappa shape index (κ1) is 22.6. The maximum Gasteiger partial charge on any atom is 0.253 e. The Kier molecular flexibility index (Phi) is 8.29. The lowest BCUT2D eigenvalue weighted by Gasteiger charge is -2.18. The molecule has 1 aliphatic rings. The predicted octanol–water partition coefficient (Wildman–Crippen LogP) is 3.78. The number of rotatable bonds is 10. The molecule has 0 bridgehead atoms. The van der Waals surface area contributed by atoms with E-state index in [1.165, 1.54) is 0 Å². The molecule has 1 fully saturated rings. The number of hydrogen-bond acceptors (Lipinski definition) is 5. The lowest BCUT2D eigenvalue weighted by Crippen LogP contribution is -2.30. The SMILES string of the molecule is CCN(CC)C(=O)c1ccc(NCC(=O)Nc2ccc(OCC3CCCO3)cc2)cc1. The van der Waals surface area contributed by atoms with Crippen LogP contribution in [0.1, 0.15) is 37.0 Å². The highest BCUT2D eigenvalue weighted by Gasteiger charge is 2.16. The molecule has 2 amide bonds. The zero-order chi connectivity index (χ0) is 22.1. The van der Waals surface area contributed by atoms with Crippen molar-refractivity contribution in [2.75, 3.05) is 43.5 Å². The van der Waals surface area contributed by atoms with Crippen molar-refractivity contribution >= 4 is 23.2 Å². The summed E-state index contributed by atoms with van der Waals surface area (Å²) in [6.07, 6.45) is 2.30. The maximum absolute atomic E-state index is 12.3. The Morgan fingerprint density at radius 1 is 1.03 bits per heavy atom. The summed E-state index contributed by atoms with van der Waals surface area (Å²) in [5.74, 6) is 0.611. The zero-order valence-corrected chi connectivity index (χ0v) is 18.2. The van der Waals surface area contributed by atoms with Crippen molar-refractivity contribution in [2.24, 2.45) is 0 Å². The van der Waals surface area contributed by atoms with Gasteiger partial charge in [0.1, 0.15) is 12.4 Å². The standard InChI is InChI=1S/C24H31N3O4/c1-3-27(4-2)24(29)18-7-9-19(10-8-18)25-16-23(28)26-20-11-13-21(14-12-20)31-17-22-6-5-15-30-22/h7-14,22,25H,3-6,15-17H2,1-2H3,(H,26,28). The molecule has 7 heteroatoms. The number of benzene rings is 2. The second-order valence-corrected chi connectivity index (χ2v) is 7.43. The van der Waals surface area contributed by atoms with Crippen molar-refractivity contribution in [2.45, 2.75) is 32.8 Å². The highest BCUT2D eigenvalue weighted by atomic mass is 16.5. The van der Waals surface area contributed by atoms with E-state index in [9.17, 15) is 9.59 Å². The smallest absolute Gasteiger partial charge is 0.253 e. The fourth-order valence-corrected chi connectivity index (χ4v) is 3.41. The first-order valence-electron chi connectivity index (χ1n) is 10.9. The van der Waals surface area contributed by atoms with E-state index >= 15 is 0 Å². The Bertz CT molecular complexity index is 842. The van der Waals surface area contributed by atoms with Gasteiger partial charge in [-0.3, -0.25) is 9.59 Å². The second kappa shape index (κ2) is 11.4. The van der Waals surface area contributed by atoms with Gasteiger partial charge in [0.2, 0.25) is 5.91 Å². The number of nitrogens with one attached hydrogen (secondary N) is 2. The number of hydrogen-bond donors (Lipinski definition) is 2. The van der Waals surface area contributed by atoms with Crippen molar-refractivity contribution < 1.29 is 19.1 Å². The van der Waals surface area contributed by atoms with Crippen LogP contribution in [0, 0.1) is 0 Å². The number of nitrogens with zero attached hydrogens (tertiary/aromatic N) is 1. The van der Waals surface area contributed by atoms with Crippen LogP contribution in [0.3, 0.4) is 0 Å². The lowest BCUT2D eigenvalue weighted by molar-refractivity contribution is -0.114. The van der Waals surface area contributed by atoms with Crippen LogP contribution in [0.4, 0.5) is 11.4 Å². The summed E-state index contributed by atoms with van der Waals surface area (Å²) >= 11 is 0. The molecule has 31 heavy (non-hydrogen) atoms. The molecule has 0 saturated carbocycles. The van der Waals surface area contributed by atoms with Gasteiger partial charge in [0, 0.05) is 36.6 Å². The van der Waals surface area contributed by atoms with Crippen molar-refractivity contribution in [1.82, 2.24) is 4.90 Å². The molecule has 1 heterocycles. The van der Waals surface area contributed by atoms with Gasteiger partial charge in [0.25, 0.3) is 5.91 Å².